The second-order valence-electron chi connectivity index (χ2n) is 5.95. The number of thiazole rings is 1. The molecule has 116 valence electrons. The Labute approximate surface area is 141 Å². The molecule has 1 aliphatic rings. The summed E-state index contributed by atoms with van der Waals surface area (Å²) in [5.74, 6) is 0.0588. The molecule has 3 heterocycles. The van der Waals surface area contributed by atoms with E-state index in [4.69, 9.17) is 0 Å². The highest BCUT2D eigenvalue weighted by atomic mass is 32.1. The fourth-order valence-corrected chi connectivity index (χ4v) is 4.32. The number of hydrogen-bond donors (Lipinski definition) is 0. The van der Waals surface area contributed by atoms with Gasteiger partial charge >= 0.3 is 0 Å². The first kappa shape index (κ1) is 13.6. The minimum atomic E-state index is 0.000816. The maximum Gasteiger partial charge on any atom is 0.274 e. The van der Waals surface area contributed by atoms with Gasteiger partial charge in [-0.15, -0.1) is 0 Å². The summed E-state index contributed by atoms with van der Waals surface area (Å²) in [6.07, 6.45) is 2.03. The molecule has 5 heteroatoms. The average Bonchev–Trinajstić information content (AvgIpc) is 3.20. The fraction of sp³-hybridized carbons (Fsp3) is 0.105. The molecule has 0 N–H and O–H groups in total. The lowest BCUT2D eigenvalue weighted by Crippen LogP contribution is -2.24. The normalized spacial score (nSPS) is 17.6. The van der Waals surface area contributed by atoms with Crippen LogP contribution in [0.15, 0.2) is 58.3 Å². The van der Waals surface area contributed by atoms with Gasteiger partial charge in [0.2, 0.25) is 0 Å². The van der Waals surface area contributed by atoms with Crippen LogP contribution in [0.3, 0.4) is 0 Å². The summed E-state index contributed by atoms with van der Waals surface area (Å²) in [6, 6.07) is 15.8. The van der Waals surface area contributed by atoms with E-state index < -0.39 is 0 Å². The maximum absolute atomic E-state index is 12.9. The van der Waals surface area contributed by atoms with E-state index in [0.717, 1.165) is 37.5 Å². The van der Waals surface area contributed by atoms with Gasteiger partial charge in [-0.25, -0.2) is 9.38 Å². The first-order valence-corrected chi connectivity index (χ1v) is 8.60. The Morgan fingerprint density at radius 2 is 1.92 bits per heavy atom. The van der Waals surface area contributed by atoms with Crippen LogP contribution in [0.2, 0.25) is 0 Å². The SMILES string of the molecule is CC1=Nc2ccccc2C1C=c1sc2nc3ccccc3n2c1=O. The minimum absolute atomic E-state index is 0.000816. The van der Waals surface area contributed by atoms with E-state index in [1.165, 1.54) is 11.3 Å². The fourth-order valence-electron chi connectivity index (χ4n) is 3.32. The van der Waals surface area contributed by atoms with Crippen molar-refractivity contribution < 1.29 is 0 Å². The van der Waals surface area contributed by atoms with Crippen LogP contribution < -0.4 is 10.1 Å². The second-order valence-corrected chi connectivity index (χ2v) is 6.96. The largest absolute Gasteiger partial charge is 0.274 e. The predicted molar refractivity (Wildman–Crippen MR) is 98.5 cm³/mol. The van der Waals surface area contributed by atoms with Crippen molar-refractivity contribution in [3.8, 4) is 0 Å². The van der Waals surface area contributed by atoms with E-state index in [-0.39, 0.29) is 11.5 Å². The molecule has 24 heavy (non-hydrogen) atoms. The van der Waals surface area contributed by atoms with Crippen LogP contribution in [0.5, 0.6) is 0 Å². The van der Waals surface area contributed by atoms with Crippen molar-refractivity contribution in [2.24, 2.45) is 4.99 Å². The third-order valence-corrected chi connectivity index (χ3v) is 5.47. The summed E-state index contributed by atoms with van der Waals surface area (Å²) < 4.78 is 2.43. The van der Waals surface area contributed by atoms with Gasteiger partial charge in [-0.05, 0) is 36.8 Å². The number of rotatable bonds is 1. The molecule has 0 spiro atoms. The third-order valence-electron chi connectivity index (χ3n) is 4.48. The van der Waals surface area contributed by atoms with Crippen molar-refractivity contribution in [3.63, 3.8) is 0 Å². The predicted octanol–water partition coefficient (Wildman–Crippen LogP) is 3.30. The summed E-state index contributed by atoms with van der Waals surface area (Å²) in [7, 11) is 0. The van der Waals surface area contributed by atoms with E-state index in [1.807, 2.05) is 55.5 Å². The highest BCUT2D eigenvalue weighted by molar-refractivity contribution is 7.15. The van der Waals surface area contributed by atoms with E-state index in [2.05, 4.69) is 16.0 Å². The van der Waals surface area contributed by atoms with Crippen molar-refractivity contribution >= 4 is 44.8 Å². The molecular formula is C19H13N3OS. The van der Waals surface area contributed by atoms with Crippen LogP contribution in [-0.4, -0.2) is 15.1 Å². The topological polar surface area (TPSA) is 46.7 Å². The third kappa shape index (κ3) is 1.82. The molecule has 0 bridgehead atoms. The molecule has 1 unspecified atom stereocenters. The van der Waals surface area contributed by atoms with Crippen LogP contribution in [0.25, 0.3) is 22.1 Å². The number of hydrogen-bond acceptors (Lipinski definition) is 4. The molecule has 0 saturated heterocycles. The lowest BCUT2D eigenvalue weighted by atomic mass is 9.96. The number of nitrogens with zero attached hydrogens (tertiary/aromatic N) is 3. The lowest BCUT2D eigenvalue weighted by molar-refractivity contribution is 1.17. The van der Waals surface area contributed by atoms with Crippen LogP contribution >= 0.6 is 11.3 Å². The van der Waals surface area contributed by atoms with Gasteiger partial charge in [0.25, 0.3) is 5.56 Å². The zero-order valence-corrected chi connectivity index (χ0v) is 13.7. The number of para-hydroxylation sites is 3. The maximum atomic E-state index is 12.9. The molecule has 0 amide bonds. The molecule has 4 aromatic rings. The Hall–Kier alpha value is -2.79. The smallest absolute Gasteiger partial charge is 0.267 e. The standard InChI is InChI=1S/C19H13N3OS/c1-11-13(12-6-2-3-7-14(12)20-11)10-17-18(23)22-16-9-5-4-8-15(16)21-19(22)24-17/h2-10,13H,1H3. The van der Waals surface area contributed by atoms with E-state index >= 15 is 0 Å². The highest BCUT2D eigenvalue weighted by Crippen LogP contribution is 2.36. The first-order chi connectivity index (χ1) is 11.7. The van der Waals surface area contributed by atoms with Crippen molar-refractivity contribution in [1.29, 1.82) is 0 Å². The number of aliphatic imine (C=N–C) groups is 1. The molecule has 5 rings (SSSR count). The summed E-state index contributed by atoms with van der Waals surface area (Å²) in [6.45, 7) is 2.01. The van der Waals surface area contributed by atoms with Crippen molar-refractivity contribution in [1.82, 2.24) is 9.38 Å². The molecule has 2 aromatic carbocycles. The monoisotopic (exact) mass is 331 g/mol. The van der Waals surface area contributed by atoms with Crippen LogP contribution in [-0.2, 0) is 0 Å². The van der Waals surface area contributed by atoms with E-state index in [9.17, 15) is 4.79 Å². The van der Waals surface area contributed by atoms with Gasteiger partial charge in [-0.3, -0.25) is 9.79 Å². The van der Waals surface area contributed by atoms with Gasteiger partial charge < -0.3 is 0 Å². The van der Waals surface area contributed by atoms with Crippen molar-refractivity contribution in [3.05, 3.63) is 69.0 Å². The molecule has 0 saturated carbocycles. The number of benzene rings is 2. The molecule has 1 aliphatic heterocycles. The quantitative estimate of drug-likeness (QED) is 0.537. The van der Waals surface area contributed by atoms with Crippen LogP contribution in [0, 0.1) is 0 Å². The zero-order chi connectivity index (χ0) is 16.3. The molecule has 0 fully saturated rings. The summed E-state index contributed by atoms with van der Waals surface area (Å²) >= 11 is 1.44. The number of imidazole rings is 1. The van der Waals surface area contributed by atoms with Gasteiger partial charge in [0.05, 0.1) is 21.3 Å². The van der Waals surface area contributed by atoms with Crippen LogP contribution in [0.4, 0.5) is 5.69 Å². The Bertz CT molecular complexity index is 1250. The summed E-state index contributed by atoms with van der Waals surface area (Å²) in [5, 5.41) is 0. The van der Waals surface area contributed by atoms with Gasteiger partial charge in [0.15, 0.2) is 4.96 Å². The zero-order valence-electron chi connectivity index (χ0n) is 12.9. The molecule has 1 atom stereocenters. The Morgan fingerprint density at radius 3 is 2.83 bits per heavy atom. The Kier molecular flexibility index (Phi) is 2.76. The molecular weight excluding hydrogens is 318 g/mol. The van der Waals surface area contributed by atoms with Gasteiger partial charge in [-0.1, -0.05) is 41.7 Å². The second kappa shape index (κ2) is 4.85. The molecule has 4 nitrogen and oxygen atoms in total. The lowest BCUT2D eigenvalue weighted by Gasteiger charge is -2.05. The molecule has 0 radical (unpaired) electrons. The summed E-state index contributed by atoms with van der Waals surface area (Å²) in [4.78, 5) is 22.8. The number of fused-ring (bicyclic) bond motifs is 4. The first-order valence-electron chi connectivity index (χ1n) is 7.78. The Morgan fingerprint density at radius 1 is 1.12 bits per heavy atom. The van der Waals surface area contributed by atoms with Crippen LogP contribution in [0.1, 0.15) is 18.4 Å². The molecule has 0 aliphatic carbocycles. The highest BCUT2D eigenvalue weighted by Gasteiger charge is 2.22. The van der Waals surface area contributed by atoms with E-state index in [0.29, 0.717) is 0 Å². The Balaban J connectivity index is 1.76. The molecule has 2 aromatic heterocycles. The van der Waals surface area contributed by atoms with E-state index in [1.54, 1.807) is 4.40 Å². The average molecular weight is 331 g/mol. The van der Waals surface area contributed by atoms with Crippen molar-refractivity contribution in [2.75, 3.05) is 0 Å². The van der Waals surface area contributed by atoms with Gasteiger partial charge in [0.1, 0.15) is 0 Å². The van der Waals surface area contributed by atoms with Crippen molar-refractivity contribution in [2.45, 2.75) is 12.8 Å². The van der Waals surface area contributed by atoms with Gasteiger partial charge in [0, 0.05) is 11.6 Å². The summed E-state index contributed by atoms with van der Waals surface area (Å²) in [5.41, 5.74) is 4.90. The minimum Gasteiger partial charge on any atom is -0.267 e. The van der Waals surface area contributed by atoms with Gasteiger partial charge in [-0.2, -0.15) is 0 Å². The number of aromatic nitrogens is 2.